The standard InChI is InChI=1S/C15H18N2O3/c1-9(2)16(4)12(18)8-17-13-10(3)6-5-7-11(13)14(19)15(17)20/h5-7,9H,8H2,1-4H3. The van der Waals surface area contributed by atoms with Crippen molar-refractivity contribution in [3.8, 4) is 0 Å². The smallest absolute Gasteiger partial charge is 0.299 e. The Balaban J connectivity index is 2.33. The normalized spacial score (nSPS) is 13.9. The van der Waals surface area contributed by atoms with E-state index in [1.807, 2.05) is 26.8 Å². The van der Waals surface area contributed by atoms with Crippen molar-refractivity contribution in [2.75, 3.05) is 18.5 Å². The van der Waals surface area contributed by atoms with E-state index in [-0.39, 0.29) is 18.5 Å². The predicted molar refractivity (Wildman–Crippen MR) is 75.8 cm³/mol. The second-order valence-corrected chi connectivity index (χ2v) is 5.29. The Kier molecular flexibility index (Phi) is 3.61. The molecule has 0 atom stereocenters. The molecule has 0 saturated carbocycles. The van der Waals surface area contributed by atoms with E-state index in [9.17, 15) is 14.4 Å². The second kappa shape index (κ2) is 5.07. The molecule has 1 aromatic rings. The van der Waals surface area contributed by atoms with Gasteiger partial charge in [-0.25, -0.2) is 0 Å². The molecule has 1 heterocycles. The van der Waals surface area contributed by atoms with Crippen LogP contribution in [0.5, 0.6) is 0 Å². The Morgan fingerprint density at radius 1 is 1.30 bits per heavy atom. The zero-order valence-corrected chi connectivity index (χ0v) is 12.1. The van der Waals surface area contributed by atoms with Crippen LogP contribution in [-0.2, 0) is 9.59 Å². The van der Waals surface area contributed by atoms with Crippen LogP contribution in [0.2, 0.25) is 0 Å². The van der Waals surface area contributed by atoms with Crippen LogP contribution in [0.3, 0.4) is 0 Å². The minimum Gasteiger partial charge on any atom is -0.342 e. The Morgan fingerprint density at radius 3 is 2.55 bits per heavy atom. The highest BCUT2D eigenvalue weighted by atomic mass is 16.2. The van der Waals surface area contributed by atoms with E-state index in [0.717, 1.165) is 5.56 Å². The molecule has 5 nitrogen and oxygen atoms in total. The molecule has 1 aromatic carbocycles. The van der Waals surface area contributed by atoms with E-state index >= 15 is 0 Å². The highest BCUT2D eigenvalue weighted by Gasteiger charge is 2.38. The number of aryl methyl sites for hydroxylation is 1. The van der Waals surface area contributed by atoms with Crippen molar-refractivity contribution >= 4 is 23.3 Å². The number of Topliss-reactive ketones (excluding diaryl/α,β-unsaturated/α-hetero) is 1. The number of amides is 2. The summed E-state index contributed by atoms with van der Waals surface area (Å²) in [4.78, 5) is 39.0. The first kappa shape index (κ1) is 14.2. The highest BCUT2D eigenvalue weighted by Crippen LogP contribution is 2.31. The number of hydrogen-bond acceptors (Lipinski definition) is 3. The van der Waals surface area contributed by atoms with Crippen molar-refractivity contribution in [2.24, 2.45) is 0 Å². The molecule has 0 fully saturated rings. The van der Waals surface area contributed by atoms with Gasteiger partial charge in [0, 0.05) is 13.1 Å². The molecule has 20 heavy (non-hydrogen) atoms. The van der Waals surface area contributed by atoms with Crippen molar-refractivity contribution in [1.82, 2.24) is 4.90 Å². The number of hydrogen-bond donors (Lipinski definition) is 0. The summed E-state index contributed by atoms with van der Waals surface area (Å²) in [6.07, 6.45) is 0. The number of carbonyl (C=O) groups is 3. The van der Waals surface area contributed by atoms with Crippen LogP contribution >= 0.6 is 0 Å². The number of ketones is 1. The zero-order chi connectivity index (χ0) is 15.0. The van der Waals surface area contributed by atoms with E-state index in [1.165, 1.54) is 4.90 Å². The molecule has 0 aromatic heterocycles. The number of anilines is 1. The molecule has 0 N–H and O–H groups in total. The van der Waals surface area contributed by atoms with Gasteiger partial charge >= 0.3 is 0 Å². The van der Waals surface area contributed by atoms with Crippen LogP contribution < -0.4 is 4.90 Å². The topological polar surface area (TPSA) is 57.7 Å². The monoisotopic (exact) mass is 274 g/mol. The quantitative estimate of drug-likeness (QED) is 0.783. The van der Waals surface area contributed by atoms with Crippen LogP contribution in [0.4, 0.5) is 5.69 Å². The number of para-hydroxylation sites is 1. The SMILES string of the molecule is Cc1cccc2c1N(CC(=O)N(C)C(C)C)C(=O)C2=O. The summed E-state index contributed by atoms with van der Waals surface area (Å²) >= 11 is 0. The van der Waals surface area contributed by atoms with Gasteiger partial charge in [-0.3, -0.25) is 19.3 Å². The van der Waals surface area contributed by atoms with Crippen LogP contribution in [-0.4, -0.2) is 42.1 Å². The Labute approximate surface area is 118 Å². The van der Waals surface area contributed by atoms with Gasteiger partial charge in [0.1, 0.15) is 6.54 Å². The third-order valence-electron chi connectivity index (χ3n) is 3.65. The van der Waals surface area contributed by atoms with Gasteiger partial charge in [0.25, 0.3) is 11.7 Å². The van der Waals surface area contributed by atoms with Crippen molar-refractivity contribution in [3.63, 3.8) is 0 Å². The third kappa shape index (κ3) is 2.19. The fraction of sp³-hybridized carbons (Fsp3) is 0.400. The summed E-state index contributed by atoms with van der Waals surface area (Å²) in [5.41, 5.74) is 1.77. The maximum Gasteiger partial charge on any atom is 0.299 e. The molecule has 0 radical (unpaired) electrons. The summed E-state index contributed by atoms with van der Waals surface area (Å²) in [5.74, 6) is -1.35. The van der Waals surface area contributed by atoms with Gasteiger partial charge in [-0.05, 0) is 32.4 Å². The van der Waals surface area contributed by atoms with E-state index < -0.39 is 11.7 Å². The van der Waals surface area contributed by atoms with E-state index in [1.54, 1.807) is 24.1 Å². The molecule has 0 unspecified atom stereocenters. The molecule has 1 aliphatic heterocycles. The van der Waals surface area contributed by atoms with E-state index in [4.69, 9.17) is 0 Å². The minimum absolute atomic E-state index is 0.0484. The maximum atomic E-state index is 12.1. The van der Waals surface area contributed by atoms with Crippen LogP contribution in [0.15, 0.2) is 18.2 Å². The summed E-state index contributed by atoms with van der Waals surface area (Å²) in [6, 6.07) is 5.24. The fourth-order valence-electron chi connectivity index (χ4n) is 2.23. The summed E-state index contributed by atoms with van der Waals surface area (Å²) < 4.78 is 0. The number of rotatable bonds is 3. The fourth-order valence-corrected chi connectivity index (χ4v) is 2.23. The van der Waals surface area contributed by atoms with Gasteiger partial charge in [0.2, 0.25) is 5.91 Å². The van der Waals surface area contributed by atoms with Crippen LogP contribution in [0.1, 0.15) is 29.8 Å². The van der Waals surface area contributed by atoms with Gasteiger partial charge in [-0.1, -0.05) is 12.1 Å². The van der Waals surface area contributed by atoms with Crippen molar-refractivity contribution in [1.29, 1.82) is 0 Å². The molecule has 0 bridgehead atoms. The molecule has 0 spiro atoms. The molecule has 5 heteroatoms. The van der Waals surface area contributed by atoms with Gasteiger partial charge < -0.3 is 4.90 Å². The number of nitrogens with zero attached hydrogens (tertiary/aromatic N) is 2. The average molecular weight is 274 g/mol. The van der Waals surface area contributed by atoms with Crippen LogP contribution in [0, 0.1) is 6.92 Å². The maximum absolute atomic E-state index is 12.1. The molecule has 2 amide bonds. The average Bonchev–Trinajstić information content (AvgIpc) is 2.64. The number of benzene rings is 1. The number of fused-ring (bicyclic) bond motifs is 1. The largest absolute Gasteiger partial charge is 0.342 e. The number of likely N-dealkylation sites (N-methyl/N-ethyl adjacent to an activating group) is 1. The van der Waals surface area contributed by atoms with Gasteiger partial charge in [-0.2, -0.15) is 0 Å². The third-order valence-corrected chi connectivity index (χ3v) is 3.65. The lowest BCUT2D eigenvalue weighted by Crippen LogP contribution is -2.43. The lowest BCUT2D eigenvalue weighted by molar-refractivity contribution is -0.131. The molecule has 0 saturated heterocycles. The Hall–Kier alpha value is -2.17. The predicted octanol–water partition coefficient (Wildman–Crippen LogP) is 1.39. The molecular formula is C15H18N2O3. The van der Waals surface area contributed by atoms with Crippen molar-refractivity contribution in [3.05, 3.63) is 29.3 Å². The first-order chi connectivity index (χ1) is 9.34. The molecule has 0 aliphatic carbocycles. The lowest BCUT2D eigenvalue weighted by atomic mass is 10.1. The minimum atomic E-state index is -0.625. The van der Waals surface area contributed by atoms with Crippen molar-refractivity contribution < 1.29 is 14.4 Å². The molecule has 1 aliphatic rings. The summed E-state index contributed by atoms with van der Waals surface area (Å²) in [6.45, 7) is 5.52. The zero-order valence-electron chi connectivity index (χ0n) is 12.1. The van der Waals surface area contributed by atoms with Gasteiger partial charge in [0.05, 0.1) is 11.3 Å². The Bertz CT molecular complexity index is 593. The first-order valence-corrected chi connectivity index (χ1v) is 6.56. The molecular weight excluding hydrogens is 256 g/mol. The highest BCUT2D eigenvalue weighted by molar-refractivity contribution is 6.52. The number of carbonyl (C=O) groups excluding carboxylic acids is 3. The molecule has 2 rings (SSSR count). The first-order valence-electron chi connectivity index (χ1n) is 6.56. The second-order valence-electron chi connectivity index (χ2n) is 5.29. The molecule has 106 valence electrons. The van der Waals surface area contributed by atoms with Crippen molar-refractivity contribution in [2.45, 2.75) is 26.8 Å². The lowest BCUT2D eigenvalue weighted by Gasteiger charge is -2.25. The van der Waals surface area contributed by atoms with Crippen LogP contribution in [0.25, 0.3) is 0 Å². The van der Waals surface area contributed by atoms with E-state index in [0.29, 0.717) is 11.3 Å². The van der Waals surface area contributed by atoms with E-state index in [2.05, 4.69) is 0 Å². The van der Waals surface area contributed by atoms with Gasteiger partial charge in [0.15, 0.2) is 0 Å². The van der Waals surface area contributed by atoms with Gasteiger partial charge in [-0.15, -0.1) is 0 Å². The summed E-state index contributed by atoms with van der Waals surface area (Å²) in [5, 5.41) is 0. The Morgan fingerprint density at radius 2 is 1.95 bits per heavy atom. The summed E-state index contributed by atoms with van der Waals surface area (Å²) in [7, 11) is 1.69.